The first-order valence-corrected chi connectivity index (χ1v) is 11.3. The van der Waals surface area contributed by atoms with E-state index in [9.17, 15) is 4.79 Å². The van der Waals surface area contributed by atoms with Crippen molar-refractivity contribution in [2.24, 2.45) is 0 Å². The van der Waals surface area contributed by atoms with E-state index in [2.05, 4.69) is 42.0 Å². The summed E-state index contributed by atoms with van der Waals surface area (Å²) in [5, 5.41) is 5.39. The quantitative estimate of drug-likeness (QED) is 0.663. The summed E-state index contributed by atoms with van der Waals surface area (Å²) in [5.74, 6) is 1.53. The monoisotopic (exact) mass is 425 g/mol. The Morgan fingerprint density at radius 3 is 2.67 bits per heavy atom. The number of piperazine rings is 1. The number of nitrogens with zero attached hydrogens (tertiary/aromatic N) is 2. The predicted molar refractivity (Wildman–Crippen MR) is 123 cm³/mol. The number of thiophene rings is 1. The summed E-state index contributed by atoms with van der Waals surface area (Å²) in [4.78, 5) is 17.5. The van der Waals surface area contributed by atoms with Crippen LogP contribution in [0.15, 0.2) is 38.9 Å². The van der Waals surface area contributed by atoms with Crippen molar-refractivity contribution >= 4 is 33.2 Å². The fourth-order valence-electron chi connectivity index (χ4n) is 4.19. The van der Waals surface area contributed by atoms with Gasteiger partial charge in [-0.25, -0.2) is 0 Å². The molecule has 1 saturated heterocycles. The molecule has 3 aromatic rings. The third kappa shape index (κ3) is 3.46. The number of hydrogen-bond donors (Lipinski definition) is 1. The van der Waals surface area contributed by atoms with Crippen LogP contribution in [0.25, 0.3) is 21.4 Å². The van der Waals surface area contributed by atoms with Crippen molar-refractivity contribution in [1.82, 2.24) is 4.90 Å². The Balaban J connectivity index is 1.49. The second-order valence-corrected chi connectivity index (χ2v) is 9.77. The van der Waals surface area contributed by atoms with Crippen LogP contribution in [-0.2, 0) is 0 Å². The zero-order valence-corrected chi connectivity index (χ0v) is 18.5. The van der Waals surface area contributed by atoms with Crippen LogP contribution in [0.3, 0.4) is 0 Å². The van der Waals surface area contributed by atoms with Gasteiger partial charge in [0.15, 0.2) is 11.5 Å². The van der Waals surface area contributed by atoms with Crippen LogP contribution in [0.1, 0.15) is 20.8 Å². The third-order valence-corrected chi connectivity index (χ3v) is 6.91. The lowest BCUT2D eigenvalue weighted by Crippen LogP contribution is -2.53. The molecule has 5 rings (SSSR count). The molecule has 0 saturated carbocycles. The molecule has 30 heavy (non-hydrogen) atoms. The van der Waals surface area contributed by atoms with Crippen LogP contribution >= 0.6 is 11.3 Å². The van der Waals surface area contributed by atoms with E-state index in [1.54, 1.807) is 6.07 Å². The molecule has 2 aliphatic rings. The molecular weight excluding hydrogens is 398 g/mol. The van der Waals surface area contributed by atoms with Gasteiger partial charge in [0.2, 0.25) is 5.43 Å². The summed E-state index contributed by atoms with van der Waals surface area (Å²) in [6.45, 7) is 11.8. The van der Waals surface area contributed by atoms with Gasteiger partial charge in [0.1, 0.15) is 17.1 Å². The molecule has 1 fully saturated rings. The second kappa shape index (κ2) is 7.32. The van der Waals surface area contributed by atoms with Crippen molar-refractivity contribution in [3.63, 3.8) is 0 Å². The number of nitrogens with one attached hydrogen (secondary N) is 1. The van der Waals surface area contributed by atoms with E-state index in [0.717, 1.165) is 55.3 Å². The first-order chi connectivity index (χ1) is 14.4. The maximum Gasteiger partial charge on any atom is 0.204 e. The minimum Gasteiger partial charge on any atom is -0.490 e. The largest absolute Gasteiger partial charge is 0.490 e. The van der Waals surface area contributed by atoms with Crippen molar-refractivity contribution < 1.29 is 9.15 Å². The van der Waals surface area contributed by atoms with E-state index < -0.39 is 0 Å². The molecule has 0 bridgehead atoms. The molecule has 6 nitrogen and oxygen atoms in total. The molecule has 0 amide bonds. The molecule has 0 radical (unpaired) electrons. The Morgan fingerprint density at radius 1 is 1.10 bits per heavy atom. The number of fused-ring (bicyclic) bond motifs is 2. The van der Waals surface area contributed by atoms with Crippen molar-refractivity contribution in [3.8, 4) is 16.9 Å². The molecule has 0 unspecified atom stereocenters. The first-order valence-electron chi connectivity index (χ1n) is 10.5. The lowest BCUT2D eigenvalue weighted by atomic mass is 10.0. The third-order valence-electron chi connectivity index (χ3n) is 5.94. The molecule has 2 aromatic heterocycles. The van der Waals surface area contributed by atoms with Gasteiger partial charge < -0.3 is 19.4 Å². The van der Waals surface area contributed by atoms with Gasteiger partial charge in [-0.15, -0.1) is 11.3 Å². The van der Waals surface area contributed by atoms with E-state index in [1.807, 2.05) is 17.5 Å². The highest BCUT2D eigenvalue weighted by atomic mass is 32.1. The first kappa shape index (κ1) is 19.5. The Kier molecular flexibility index (Phi) is 4.75. The van der Waals surface area contributed by atoms with Gasteiger partial charge in [-0.3, -0.25) is 9.69 Å². The van der Waals surface area contributed by atoms with Crippen molar-refractivity contribution in [1.29, 1.82) is 0 Å². The Labute approximate surface area is 180 Å². The topological polar surface area (TPSA) is 58.0 Å². The van der Waals surface area contributed by atoms with Crippen LogP contribution in [0, 0.1) is 0 Å². The zero-order chi connectivity index (χ0) is 20.9. The molecule has 158 valence electrons. The van der Waals surface area contributed by atoms with E-state index in [-0.39, 0.29) is 11.0 Å². The molecular formula is C23H27N3O3S. The van der Waals surface area contributed by atoms with Crippen LogP contribution in [0.2, 0.25) is 0 Å². The van der Waals surface area contributed by atoms with Crippen LogP contribution < -0.4 is 20.4 Å². The molecule has 2 aliphatic heterocycles. The van der Waals surface area contributed by atoms with Gasteiger partial charge in [0, 0.05) is 55.3 Å². The van der Waals surface area contributed by atoms with Crippen LogP contribution in [0.5, 0.6) is 5.75 Å². The smallest absolute Gasteiger partial charge is 0.204 e. The number of anilines is 2. The fourth-order valence-corrected chi connectivity index (χ4v) is 5.10. The highest BCUT2D eigenvalue weighted by Crippen LogP contribution is 2.38. The van der Waals surface area contributed by atoms with Gasteiger partial charge in [-0.2, -0.15) is 0 Å². The maximum absolute atomic E-state index is 12.8. The Bertz CT molecular complexity index is 1140. The van der Waals surface area contributed by atoms with Crippen molar-refractivity contribution in [2.45, 2.75) is 26.3 Å². The van der Waals surface area contributed by atoms with Crippen LogP contribution in [-0.4, -0.2) is 49.8 Å². The predicted octanol–water partition coefficient (Wildman–Crippen LogP) is 4.25. The standard InChI is InChI=1S/C23H27N3O3S/c1-23(2,3)26-9-7-25(8-10-26)20-13-18(27)22-21(29-20)16(14-30-22)15-4-5-19-17(12-15)24-6-11-28-19/h4-5,12-14,24H,6-11H2,1-3H3. The lowest BCUT2D eigenvalue weighted by molar-refractivity contribution is 0.127. The number of ether oxygens (including phenoxy) is 1. The summed E-state index contributed by atoms with van der Waals surface area (Å²) >= 11 is 1.45. The summed E-state index contributed by atoms with van der Waals surface area (Å²) < 4.78 is 12.7. The second-order valence-electron chi connectivity index (χ2n) is 8.89. The van der Waals surface area contributed by atoms with Gasteiger partial charge in [0.05, 0.1) is 5.69 Å². The molecule has 1 N–H and O–H groups in total. The zero-order valence-electron chi connectivity index (χ0n) is 17.7. The normalized spacial score (nSPS) is 17.5. The number of hydrogen-bond acceptors (Lipinski definition) is 7. The van der Waals surface area contributed by atoms with Crippen LogP contribution in [0.4, 0.5) is 11.6 Å². The van der Waals surface area contributed by atoms with Gasteiger partial charge >= 0.3 is 0 Å². The Morgan fingerprint density at radius 2 is 1.90 bits per heavy atom. The average molecular weight is 426 g/mol. The highest BCUT2D eigenvalue weighted by Gasteiger charge is 2.27. The minimum absolute atomic E-state index is 0.0279. The summed E-state index contributed by atoms with van der Waals surface area (Å²) in [5.41, 5.74) is 3.82. The SMILES string of the molecule is CC(C)(C)N1CCN(c2cc(=O)c3scc(-c4ccc5c(c4)NCCO5)c3o2)CC1. The molecule has 1 aromatic carbocycles. The molecule has 0 aliphatic carbocycles. The van der Waals surface area contributed by atoms with Crippen molar-refractivity contribution in [2.75, 3.05) is 49.5 Å². The van der Waals surface area contributed by atoms with E-state index in [1.165, 1.54) is 11.3 Å². The highest BCUT2D eigenvalue weighted by molar-refractivity contribution is 7.17. The minimum atomic E-state index is 0.0279. The van der Waals surface area contributed by atoms with Crippen molar-refractivity contribution in [3.05, 3.63) is 39.9 Å². The summed E-state index contributed by atoms with van der Waals surface area (Å²) in [7, 11) is 0. The van der Waals surface area contributed by atoms with Gasteiger partial charge in [-0.1, -0.05) is 6.07 Å². The maximum atomic E-state index is 12.8. The molecule has 0 atom stereocenters. The molecule has 0 spiro atoms. The summed E-state index contributed by atoms with van der Waals surface area (Å²) in [6.07, 6.45) is 0. The number of rotatable bonds is 2. The summed E-state index contributed by atoms with van der Waals surface area (Å²) in [6, 6.07) is 7.73. The average Bonchev–Trinajstić information content (AvgIpc) is 3.17. The molecule has 4 heterocycles. The van der Waals surface area contributed by atoms with Gasteiger partial charge in [-0.05, 0) is 38.5 Å². The Hall–Kier alpha value is -2.51. The van der Waals surface area contributed by atoms with E-state index >= 15 is 0 Å². The van der Waals surface area contributed by atoms with Gasteiger partial charge in [0.25, 0.3) is 0 Å². The lowest BCUT2D eigenvalue weighted by Gasteiger charge is -2.42. The van der Waals surface area contributed by atoms with E-state index in [0.29, 0.717) is 22.8 Å². The van der Waals surface area contributed by atoms with E-state index in [4.69, 9.17) is 9.15 Å². The number of benzene rings is 1. The fraction of sp³-hybridized carbons (Fsp3) is 0.435. The molecule has 7 heteroatoms.